The highest BCUT2D eigenvalue weighted by Gasteiger charge is 2.34. The van der Waals surface area contributed by atoms with Crippen LogP contribution in [0.2, 0.25) is 5.02 Å². The van der Waals surface area contributed by atoms with Gasteiger partial charge in [0, 0.05) is 18.1 Å². The third kappa shape index (κ3) is 4.70. The van der Waals surface area contributed by atoms with E-state index < -0.39 is 29.5 Å². The van der Waals surface area contributed by atoms with E-state index in [1.165, 1.54) is 36.7 Å². The lowest BCUT2D eigenvalue weighted by Gasteiger charge is -2.15. The van der Waals surface area contributed by atoms with Gasteiger partial charge in [0.25, 0.3) is 0 Å². The number of aromatic nitrogens is 2. The lowest BCUT2D eigenvalue weighted by atomic mass is 9.96. The van der Waals surface area contributed by atoms with E-state index in [0.717, 1.165) is 29.3 Å². The Balaban J connectivity index is 1.58. The van der Waals surface area contributed by atoms with Crippen molar-refractivity contribution in [1.29, 1.82) is 0 Å². The molecule has 2 amide bonds. The summed E-state index contributed by atoms with van der Waals surface area (Å²) >= 11 is 5.86. The van der Waals surface area contributed by atoms with E-state index in [9.17, 15) is 22.4 Å². The van der Waals surface area contributed by atoms with Crippen molar-refractivity contribution in [1.82, 2.24) is 15.0 Å². The molecule has 0 fully saturated rings. The van der Waals surface area contributed by atoms with E-state index in [2.05, 4.69) is 20.4 Å². The van der Waals surface area contributed by atoms with Crippen LogP contribution in [0.5, 0.6) is 0 Å². The molecule has 0 aliphatic carbocycles. The third-order valence-corrected chi connectivity index (χ3v) is 4.90. The van der Waals surface area contributed by atoms with Crippen LogP contribution in [-0.4, -0.2) is 33.3 Å². The van der Waals surface area contributed by atoms with E-state index in [-0.39, 0.29) is 12.2 Å². The number of hydrogen-bond donors (Lipinski definition) is 1. The topological polar surface area (TPSA) is 70.5 Å². The van der Waals surface area contributed by atoms with Crippen LogP contribution in [-0.2, 0) is 6.18 Å². The standard InChI is InChI=1S/C21H14ClF4N5O/c22-14-9-27-19(28-10-14)17-11-31(30-18(17)12-1-5-15(23)6-2-12)20(32)29-16-7-3-13(4-8-16)21(24,25)26/h1-10,17H,11H2,(H,29,32). The molecule has 4 rings (SSSR count). The summed E-state index contributed by atoms with van der Waals surface area (Å²) in [5, 5.41) is 8.32. The predicted molar refractivity (Wildman–Crippen MR) is 110 cm³/mol. The van der Waals surface area contributed by atoms with Gasteiger partial charge >= 0.3 is 12.2 Å². The van der Waals surface area contributed by atoms with Crippen LogP contribution < -0.4 is 5.32 Å². The molecule has 11 heteroatoms. The van der Waals surface area contributed by atoms with Gasteiger partial charge in [-0.2, -0.15) is 18.3 Å². The normalized spacial score (nSPS) is 16.1. The number of urea groups is 1. The minimum Gasteiger partial charge on any atom is -0.306 e. The van der Waals surface area contributed by atoms with Gasteiger partial charge in [0.15, 0.2) is 0 Å². The van der Waals surface area contributed by atoms with E-state index in [4.69, 9.17) is 11.6 Å². The molecular formula is C21H14ClF4N5O. The smallest absolute Gasteiger partial charge is 0.306 e. The van der Waals surface area contributed by atoms with Crippen molar-refractivity contribution in [3.8, 4) is 0 Å². The number of nitrogens with zero attached hydrogens (tertiary/aromatic N) is 4. The van der Waals surface area contributed by atoms with Crippen molar-refractivity contribution >= 4 is 29.0 Å². The van der Waals surface area contributed by atoms with E-state index in [1.54, 1.807) is 0 Å². The largest absolute Gasteiger partial charge is 0.416 e. The van der Waals surface area contributed by atoms with Gasteiger partial charge in [-0.1, -0.05) is 23.7 Å². The molecule has 0 saturated heterocycles. The maximum Gasteiger partial charge on any atom is 0.416 e. The van der Waals surface area contributed by atoms with Crippen molar-refractivity contribution in [2.75, 3.05) is 11.9 Å². The van der Waals surface area contributed by atoms with Crippen LogP contribution in [0.1, 0.15) is 22.9 Å². The average molecular weight is 464 g/mol. The van der Waals surface area contributed by atoms with E-state index >= 15 is 0 Å². The molecule has 1 unspecified atom stereocenters. The van der Waals surface area contributed by atoms with Gasteiger partial charge in [-0.25, -0.2) is 24.2 Å². The van der Waals surface area contributed by atoms with Crippen molar-refractivity contribution in [3.05, 3.63) is 88.7 Å². The fourth-order valence-corrected chi connectivity index (χ4v) is 3.24. The molecule has 1 atom stereocenters. The van der Waals surface area contributed by atoms with Gasteiger partial charge in [-0.15, -0.1) is 0 Å². The Bertz CT molecular complexity index is 1150. The summed E-state index contributed by atoms with van der Waals surface area (Å²) in [6.07, 6.45) is -1.65. The number of carbonyl (C=O) groups is 1. The average Bonchev–Trinajstić information content (AvgIpc) is 3.20. The van der Waals surface area contributed by atoms with Crippen LogP contribution >= 0.6 is 11.6 Å². The van der Waals surface area contributed by atoms with Crippen molar-refractivity contribution in [2.24, 2.45) is 5.10 Å². The highest BCUT2D eigenvalue weighted by atomic mass is 35.5. The summed E-state index contributed by atoms with van der Waals surface area (Å²) in [5.74, 6) is -0.582. The first-order valence-electron chi connectivity index (χ1n) is 9.28. The van der Waals surface area contributed by atoms with E-state index in [0.29, 0.717) is 22.1 Å². The Morgan fingerprint density at radius 3 is 2.25 bits per heavy atom. The van der Waals surface area contributed by atoms with E-state index in [1.807, 2.05) is 0 Å². The Hall–Kier alpha value is -3.53. The molecule has 2 heterocycles. The Labute approximate surface area is 184 Å². The zero-order valence-corrected chi connectivity index (χ0v) is 16.9. The fourth-order valence-electron chi connectivity index (χ4n) is 3.14. The quantitative estimate of drug-likeness (QED) is 0.534. The summed E-state index contributed by atoms with van der Waals surface area (Å²) in [4.78, 5) is 21.1. The third-order valence-electron chi connectivity index (χ3n) is 4.70. The number of benzene rings is 2. The summed E-state index contributed by atoms with van der Waals surface area (Å²) < 4.78 is 51.6. The molecule has 164 valence electrons. The lowest BCUT2D eigenvalue weighted by molar-refractivity contribution is -0.137. The van der Waals surface area contributed by atoms with Crippen molar-refractivity contribution in [2.45, 2.75) is 12.1 Å². The molecule has 0 saturated carbocycles. The maximum absolute atomic E-state index is 13.4. The molecule has 32 heavy (non-hydrogen) atoms. The molecular weight excluding hydrogens is 450 g/mol. The Morgan fingerprint density at radius 2 is 1.66 bits per heavy atom. The van der Waals surface area contributed by atoms with Gasteiger partial charge in [0.2, 0.25) is 0 Å². The van der Waals surface area contributed by atoms with Crippen LogP contribution in [0.3, 0.4) is 0 Å². The first-order chi connectivity index (χ1) is 15.2. The summed E-state index contributed by atoms with van der Waals surface area (Å²) in [5.41, 5.74) is 0.357. The lowest BCUT2D eigenvalue weighted by Crippen LogP contribution is -2.30. The number of anilines is 1. The van der Waals surface area contributed by atoms with Crippen LogP contribution in [0.25, 0.3) is 0 Å². The van der Waals surface area contributed by atoms with Gasteiger partial charge in [-0.05, 0) is 42.0 Å². The van der Waals surface area contributed by atoms with Crippen LogP contribution in [0, 0.1) is 5.82 Å². The number of hydrazone groups is 1. The van der Waals surface area contributed by atoms with Crippen molar-refractivity contribution in [3.63, 3.8) is 0 Å². The monoisotopic (exact) mass is 463 g/mol. The van der Waals surface area contributed by atoms with Crippen molar-refractivity contribution < 1.29 is 22.4 Å². The molecule has 2 aromatic carbocycles. The number of amides is 2. The highest BCUT2D eigenvalue weighted by Crippen LogP contribution is 2.31. The summed E-state index contributed by atoms with van der Waals surface area (Å²) in [7, 11) is 0. The molecule has 1 aliphatic rings. The first kappa shape index (κ1) is 21.7. The number of alkyl halides is 3. The van der Waals surface area contributed by atoms with Crippen LogP contribution in [0.4, 0.5) is 28.0 Å². The second-order valence-electron chi connectivity index (χ2n) is 6.89. The number of nitrogens with one attached hydrogen (secondary N) is 1. The molecule has 6 nitrogen and oxygen atoms in total. The molecule has 1 N–H and O–H groups in total. The molecule has 0 spiro atoms. The Morgan fingerprint density at radius 1 is 1.03 bits per heavy atom. The SMILES string of the molecule is O=C(Nc1ccc(C(F)(F)F)cc1)N1CC(c2ncc(Cl)cn2)C(c2ccc(F)cc2)=N1. The summed E-state index contributed by atoms with van der Waals surface area (Å²) in [6, 6.07) is 8.98. The second-order valence-corrected chi connectivity index (χ2v) is 7.33. The maximum atomic E-state index is 13.4. The fraction of sp³-hybridized carbons (Fsp3) is 0.143. The number of rotatable bonds is 3. The predicted octanol–water partition coefficient (Wildman–Crippen LogP) is 5.32. The molecule has 3 aromatic rings. The molecule has 0 bridgehead atoms. The minimum atomic E-state index is -4.47. The minimum absolute atomic E-state index is 0.0702. The highest BCUT2D eigenvalue weighted by molar-refractivity contribution is 6.30. The first-order valence-corrected chi connectivity index (χ1v) is 9.66. The zero-order valence-electron chi connectivity index (χ0n) is 16.1. The zero-order chi connectivity index (χ0) is 22.9. The van der Waals surface area contributed by atoms with Gasteiger partial charge < -0.3 is 5.32 Å². The van der Waals surface area contributed by atoms with Gasteiger partial charge in [-0.3, -0.25) is 0 Å². The van der Waals surface area contributed by atoms with Gasteiger partial charge in [0.05, 0.1) is 28.8 Å². The number of hydrogen-bond acceptors (Lipinski definition) is 4. The second kappa shape index (κ2) is 8.54. The van der Waals surface area contributed by atoms with Crippen LogP contribution in [0.15, 0.2) is 66.0 Å². The molecule has 0 radical (unpaired) electrons. The molecule has 1 aliphatic heterocycles. The summed E-state index contributed by atoms with van der Waals surface area (Å²) in [6.45, 7) is 0.0702. The molecule has 1 aromatic heterocycles. The number of carbonyl (C=O) groups excluding carboxylic acids is 1. The Kier molecular flexibility index (Phi) is 5.79. The van der Waals surface area contributed by atoms with Gasteiger partial charge in [0.1, 0.15) is 11.6 Å². The number of halogens is 5.